The van der Waals surface area contributed by atoms with Crippen molar-refractivity contribution >= 4 is 11.9 Å². The van der Waals surface area contributed by atoms with Crippen LogP contribution < -0.4 is 56.5 Å². The molecule has 0 aromatic heterocycles. The van der Waals surface area contributed by atoms with E-state index in [4.69, 9.17) is 10.2 Å². The second-order valence-electron chi connectivity index (χ2n) is 4.53. The van der Waals surface area contributed by atoms with E-state index in [9.17, 15) is 9.90 Å². The quantitative estimate of drug-likeness (QED) is 0.137. The van der Waals surface area contributed by atoms with E-state index in [1.807, 2.05) is 13.0 Å². The van der Waals surface area contributed by atoms with Gasteiger partial charge in [0.1, 0.15) is 0 Å². The van der Waals surface area contributed by atoms with Gasteiger partial charge in [0.2, 0.25) is 0 Å². The van der Waals surface area contributed by atoms with Gasteiger partial charge in [0.25, 0.3) is 0 Å². The van der Waals surface area contributed by atoms with Gasteiger partial charge >= 0.3 is 57.4 Å². The van der Waals surface area contributed by atoms with Crippen molar-refractivity contribution in [3.8, 4) is 0 Å². The maximum absolute atomic E-state index is 11.5. The number of nitrogens with zero attached hydrogens (tertiary/aromatic N) is 2. The number of allylic oxidation sites excluding steroid dienone is 2. The van der Waals surface area contributed by atoms with E-state index in [1.54, 1.807) is 0 Å². The van der Waals surface area contributed by atoms with Crippen molar-refractivity contribution in [2.24, 2.45) is 4.99 Å². The summed E-state index contributed by atoms with van der Waals surface area (Å²) < 4.78 is 0. The Kier molecular flexibility index (Phi) is 18.6. The molecule has 0 bridgehead atoms. The molecule has 0 unspecified atom stereocenters. The Hall–Kier alpha value is 0.236. The average Bonchev–Trinajstić information content (AvgIpc) is 2.41. The van der Waals surface area contributed by atoms with Gasteiger partial charge in [-0.2, -0.15) is 0 Å². The number of aliphatic imine (C=N–C) groups is 1. The number of aliphatic hydroxyl groups excluding tert-OH is 1. The van der Waals surface area contributed by atoms with Crippen LogP contribution in [0.1, 0.15) is 39.0 Å². The van der Waals surface area contributed by atoms with Gasteiger partial charge in [-0.15, -0.1) is 0 Å². The van der Waals surface area contributed by atoms with Gasteiger partial charge in [0, 0.05) is 13.2 Å². The van der Waals surface area contributed by atoms with Crippen molar-refractivity contribution in [2.75, 3.05) is 26.4 Å². The molecular formula is C14H25KN2O4. The first-order valence-corrected chi connectivity index (χ1v) is 6.96. The van der Waals surface area contributed by atoms with Crippen LogP contribution in [0.15, 0.2) is 17.1 Å². The van der Waals surface area contributed by atoms with Gasteiger partial charge in [-0.1, -0.05) is 12.2 Å². The molecule has 0 aliphatic heterocycles. The summed E-state index contributed by atoms with van der Waals surface area (Å²) in [4.78, 5) is 16.1. The van der Waals surface area contributed by atoms with Crippen LogP contribution in [0.25, 0.3) is 0 Å². The van der Waals surface area contributed by atoms with Crippen molar-refractivity contribution in [1.29, 1.82) is 0 Å². The largest absolute Gasteiger partial charge is 1.00 e. The summed E-state index contributed by atoms with van der Waals surface area (Å²) in [5, 5.41) is 29.0. The molecule has 0 saturated heterocycles. The van der Waals surface area contributed by atoms with Gasteiger partial charge in [-0.25, -0.2) is 0 Å². The van der Waals surface area contributed by atoms with Crippen LogP contribution in [0.5, 0.6) is 0 Å². The van der Waals surface area contributed by atoms with Gasteiger partial charge in [-0.05, 0) is 44.9 Å². The first kappa shape index (κ1) is 23.5. The Bertz CT molecular complexity index is 322. The summed E-state index contributed by atoms with van der Waals surface area (Å²) in [6.45, 7) is 2.29. The summed E-state index contributed by atoms with van der Waals surface area (Å²) in [5.41, 5.74) is 0. The zero-order chi connectivity index (χ0) is 15.2. The van der Waals surface area contributed by atoms with Crippen molar-refractivity contribution in [3.05, 3.63) is 12.2 Å². The molecule has 0 aromatic carbocycles. The van der Waals surface area contributed by atoms with Crippen molar-refractivity contribution < 1.29 is 71.5 Å². The second kappa shape index (κ2) is 16.6. The molecule has 0 radical (unpaired) electrons. The molecule has 0 aromatic rings. The molecule has 21 heavy (non-hydrogen) atoms. The average molecular weight is 324 g/mol. The number of unbranched alkanes of at least 4 members (excludes halogenated alkanes) is 2. The van der Waals surface area contributed by atoms with E-state index in [0.29, 0.717) is 19.4 Å². The van der Waals surface area contributed by atoms with Crippen LogP contribution in [-0.4, -0.2) is 53.3 Å². The van der Waals surface area contributed by atoms with Gasteiger partial charge in [-0.3, -0.25) is 14.7 Å². The molecule has 0 spiro atoms. The fourth-order valence-electron chi connectivity index (χ4n) is 1.65. The first-order valence-electron chi connectivity index (χ1n) is 6.96. The molecule has 6 nitrogen and oxygen atoms in total. The van der Waals surface area contributed by atoms with E-state index in [2.05, 4.69) is 11.1 Å². The number of hydrogen-bond donors (Lipinski definition) is 2. The molecular weight excluding hydrogens is 299 g/mol. The Morgan fingerprint density at radius 3 is 2.62 bits per heavy atom. The minimum Gasteiger partial charge on any atom is -0.862 e. The summed E-state index contributed by atoms with van der Waals surface area (Å²) >= 11 is 0. The molecule has 0 aliphatic rings. The minimum absolute atomic E-state index is 0. The van der Waals surface area contributed by atoms with E-state index < -0.39 is 5.97 Å². The van der Waals surface area contributed by atoms with Crippen LogP contribution in [0.2, 0.25) is 0 Å². The molecule has 2 N–H and O–H groups in total. The summed E-state index contributed by atoms with van der Waals surface area (Å²) in [6.07, 6.45) is 7.63. The fourth-order valence-corrected chi connectivity index (χ4v) is 1.65. The third-order valence-electron chi connectivity index (χ3n) is 2.69. The summed E-state index contributed by atoms with van der Waals surface area (Å²) in [7, 11) is 0. The van der Waals surface area contributed by atoms with E-state index >= 15 is 0 Å². The molecule has 0 fully saturated rings. The topological polar surface area (TPSA) is 96.2 Å². The van der Waals surface area contributed by atoms with Crippen molar-refractivity contribution in [3.63, 3.8) is 0 Å². The normalized spacial score (nSPS) is 11.9. The van der Waals surface area contributed by atoms with Gasteiger partial charge in [0.05, 0.1) is 13.2 Å². The third kappa shape index (κ3) is 16.4. The monoisotopic (exact) mass is 324 g/mol. The van der Waals surface area contributed by atoms with Crippen LogP contribution in [0.3, 0.4) is 0 Å². The molecule has 7 heteroatoms. The maximum atomic E-state index is 11.5. The number of aliphatic carboxylic acids is 1. The second-order valence-corrected chi connectivity index (χ2v) is 4.53. The van der Waals surface area contributed by atoms with Crippen LogP contribution in [0, 0.1) is 0 Å². The maximum Gasteiger partial charge on any atom is 1.00 e. The van der Waals surface area contributed by atoms with Crippen LogP contribution in [0.4, 0.5) is 0 Å². The molecule has 116 valence electrons. The molecule has 0 heterocycles. The Morgan fingerprint density at radius 1 is 1.33 bits per heavy atom. The van der Waals surface area contributed by atoms with Crippen LogP contribution >= 0.6 is 0 Å². The standard InChI is InChI=1S/C14H26N2O4.K/c1-2-3-4-5-6-8-13(18)15-12-16(9-7-10-17)11-14(19)20;/h2-3,17H,4-12H2,1H3,(H,15,18)(H,19,20);/q;+1/p-1/b3-2+;. The number of carboxylic acids is 1. The zero-order valence-electron chi connectivity index (χ0n) is 13.1. The van der Waals surface area contributed by atoms with Gasteiger partial charge in [0.15, 0.2) is 0 Å². The molecule has 0 amide bonds. The molecule has 0 atom stereocenters. The fraction of sp³-hybridized carbons (Fsp3) is 0.714. The van der Waals surface area contributed by atoms with E-state index in [1.165, 1.54) is 4.90 Å². The smallest absolute Gasteiger partial charge is 0.862 e. The van der Waals surface area contributed by atoms with Crippen molar-refractivity contribution in [2.45, 2.75) is 39.0 Å². The number of hydrogen-bond acceptors (Lipinski definition) is 5. The predicted molar refractivity (Wildman–Crippen MR) is 76.5 cm³/mol. The Morgan fingerprint density at radius 2 is 2.05 bits per heavy atom. The number of carbonyl (C=O) groups is 1. The Balaban J connectivity index is 0. The molecule has 0 aliphatic carbocycles. The Labute approximate surface area is 169 Å². The van der Waals surface area contributed by atoms with Crippen LogP contribution in [-0.2, 0) is 4.79 Å². The van der Waals surface area contributed by atoms with Gasteiger partial charge < -0.3 is 15.3 Å². The predicted octanol–water partition coefficient (Wildman–Crippen LogP) is -2.39. The number of aliphatic hydroxyl groups is 1. The SMILES string of the molecule is C/C=C/CCCCC([O-])=NCN(CCCO)CC(=O)O.[K+]. The van der Waals surface area contributed by atoms with E-state index in [-0.39, 0.29) is 77.1 Å². The molecule has 0 saturated carbocycles. The molecule has 0 rings (SSSR count). The third-order valence-corrected chi connectivity index (χ3v) is 2.69. The summed E-state index contributed by atoms with van der Waals surface area (Å²) in [5.74, 6) is -1.15. The summed E-state index contributed by atoms with van der Waals surface area (Å²) in [6, 6.07) is 0. The zero-order valence-corrected chi connectivity index (χ0v) is 16.2. The minimum atomic E-state index is -0.961. The van der Waals surface area contributed by atoms with E-state index in [0.717, 1.165) is 19.3 Å². The number of rotatable bonds is 12. The number of carboxylic acid groups (broad SMARTS) is 1. The van der Waals surface area contributed by atoms with Crippen molar-refractivity contribution in [1.82, 2.24) is 4.90 Å². The first-order chi connectivity index (χ1) is 9.60.